The van der Waals surface area contributed by atoms with Gasteiger partial charge in [-0.15, -0.1) is 0 Å². The molecule has 110 valence electrons. The molecule has 0 spiro atoms. The minimum atomic E-state index is -5.15. The highest BCUT2D eigenvalue weighted by molar-refractivity contribution is 6.43. The molecule has 0 heterocycles. The molecule has 0 fully saturated rings. The lowest BCUT2D eigenvalue weighted by Gasteiger charge is -2.09. The Morgan fingerprint density at radius 2 is 1.75 bits per heavy atom. The van der Waals surface area contributed by atoms with Gasteiger partial charge in [0.15, 0.2) is 0 Å². The number of alkyl halides is 6. The van der Waals surface area contributed by atoms with Gasteiger partial charge in [0.25, 0.3) is 5.78 Å². The summed E-state index contributed by atoms with van der Waals surface area (Å²) in [6, 6.07) is 3.68. The van der Waals surface area contributed by atoms with Crippen LogP contribution in [0.2, 0.25) is 0 Å². The molecule has 0 aromatic heterocycles. The monoisotopic (exact) mass is 317 g/mol. The quantitative estimate of drug-likeness (QED) is 0.664. The second-order valence-corrected chi connectivity index (χ2v) is 3.95. The first-order valence-electron chi connectivity index (χ1n) is 4.93. The van der Waals surface area contributed by atoms with Crippen LogP contribution < -0.4 is 5.32 Å². The Kier molecular flexibility index (Phi) is 4.69. The van der Waals surface area contributed by atoms with Crippen molar-refractivity contribution in [2.24, 2.45) is 0 Å². The molecule has 20 heavy (non-hydrogen) atoms. The fourth-order valence-corrected chi connectivity index (χ4v) is 1.29. The standard InChI is InChI=1S/C11H6ClF6NO/c12-8(9(20)11(16,17)18)5-19-7-3-1-2-6(4-7)10(13,14)15/h1-5,19H. The Morgan fingerprint density at radius 3 is 2.25 bits per heavy atom. The Hall–Kier alpha value is -1.70. The van der Waals surface area contributed by atoms with Crippen LogP contribution in [0.5, 0.6) is 0 Å². The number of allylic oxidation sites excluding steroid dienone is 1. The highest BCUT2D eigenvalue weighted by Gasteiger charge is 2.40. The third-order valence-electron chi connectivity index (χ3n) is 2.03. The number of hydrogen-bond acceptors (Lipinski definition) is 2. The number of hydrogen-bond donors (Lipinski definition) is 1. The van der Waals surface area contributed by atoms with Crippen molar-refractivity contribution in [3.8, 4) is 0 Å². The van der Waals surface area contributed by atoms with Crippen molar-refractivity contribution in [1.82, 2.24) is 0 Å². The summed E-state index contributed by atoms with van der Waals surface area (Å²) in [5.74, 6) is -2.29. The van der Waals surface area contributed by atoms with Gasteiger partial charge in [-0.05, 0) is 18.2 Å². The van der Waals surface area contributed by atoms with E-state index in [1.165, 1.54) is 6.07 Å². The van der Waals surface area contributed by atoms with Gasteiger partial charge < -0.3 is 5.32 Å². The number of Topliss-reactive ketones (excluding diaryl/α,β-unsaturated/α-hetero) is 1. The number of ketones is 1. The molecule has 1 aromatic rings. The van der Waals surface area contributed by atoms with E-state index in [1.54, 1.807) is 0 Å². The first-order valence-corrected chi connectivity index (χ1v) is 5.30. The lowest BCUT2D eigenvalue weighted by atomic mass is 10.2. The lowest BCUT2D eigenvalue weighted by molar-refractivity contribution is -0.165. The third kappa shape index (κ3) is 4.44. The largest absolute Gasteiger partial charge is 0.455 e. The summed E-state index contributed by atoms with van der Waals surface area (Å²) >= 11 is 5.10. The molecular weight excluding hydrogens is 312 g/mol. The Balaban J connectivity index is 2.88. The molecule has 0 radical (unpaired) electrons. The fourth-order valence-electron chi connectivity index (χ4n) is 1.13. The average molecular weight is 318 g/mol. The molecule has 0 unspecified atom stereocenters. The number of carbonyl (C=O) groups excluding carboxylic acids is 1. The van der Waals surface area contributed by atoms with Gasteiger partial charge in [-0.25, -0.2) is 0 Å². The van der Waals surface area contributed by atoms with Crippen LogP contribution in [0.3, 0.4) is 0 Å². The summed E-state index contributed by atoms with van der Waals surface area (Å²) in [4.78, 5) is 10.7. The Morgan fingerprint density at radius 1 is 1.15 bits per heavy atom. The highest BCUT2D eigenvalue weighted by Crippen LogP contribution is 2.30. The van der Waals surface area contributed by atoms with E-state index in [1.807, 2.05) is 0 Å². The maximum Gasteiger partial charge on any atom is 0.455 e. The molecule has 0 amide bonds. The van der Waals surface area contributed by atoms with Gasteiger partial charge in [0.05, 0.1) is 5.56 Å². The van der Waals surface area contributed by atoms with Gasteiger partial charge in [-0.1, -0.05) is 17.7 Å². The van der Waals surface area contributed by atoms with Crippen molar-refractivity contribution in [1.29, 1.82) is 0 Å². The van der Waals surface area contributed by atoms with Crippen molar-refractivity contribution in [2.45, 2.75) is 12.4 Å². The van der Waals surface area contributed by atoms with E-state index in [4.69, 9.17) is 11.6 Å². The van der Waals surface area contributed by atoms with Crippen LogP contribution in [0.4, 0.5) is 32.0 Å². The molecule has 0 aliphatic rings. The lowest BCUT2D eigenvalue weighted by Crippen LogP contribution is -2.23. The fraction of sp³-hybridized carbons (Fsp3) is 0.182. The molecule has 0 saturated heterocycles. The summed E-state index contributed by atoms with van der Waals surface area (Å²) in [6.45, 7) is 0. The van der Waals surface area contributed by atoms with Crippen LogP contribution in [0.1, 0.15) is 5.56 Å². The molecule has 9 heteroatoms. The molecule has 0 aliphatic carbocycles. The number of halogens is 7. The topological polar surface area (TPSA) is 29.1 Å². The van der Waals surface area contributed by atoms with Gasteiger partial charge in [-0.2, -0.15) is 26.3 Å². The van der Waals surface area contributed by atoms with Crippen molar-refractivity contribution in [2.75, 3.05) is 5.32 Å². The number of nitrogens with one attached hydrogen (secondary N) is 1. The van der Waals surface area contributed by atoms with Gasteiger partial charge >= 0.3 is 12.4 Å². The molecule has 1 aromatic carbocycles. The molecular formula is C11H6ClF6NO. The first kappa shape index (κ1) is 16.4. The van der Waals surface area contributed by atoms with Crippen LogP contribution in [0, 0.1) is 0 Å². The van der Waals surface area contributed by atoms with E-state index in [9.17, 15) is 31.1 Å². The Labute approximate surface area is 114 Å². The summed E-state index contributed by atoms with van der Waals surface area (Å²) in [6.07, 6.45) is -9.26. The molecule has 2 nitrogen and oxygen atoms in total. The summed E-state index contributed by atoms with van der Waals surface area (Å²) in [5.41, 5.74) is -1.15. The molecule has 1 N–H and O–H groups in total. The summed E-state index contributed by atoms with van der Waals surface area (Å²) in [5, 5.41) is 0.910. The number of rotatable bonds is 3. The van der Waals surface area contributed by atoms with E-state index in [-0.39, 0.29) is 5.69 Å². The minimum Gasteiger partial charge on any atom is -0.360 e. The van der Waals surface area contributed by atoms with E-state index in [0.717, 1.165) is 12.1 Å². The van der Waals surface area contributed by atoms with E-state index >= 15 is 0 Å². The minimum absolute atomic E-state index is 0.159. The maximum absolute atomic E-state index is 12.4. The van der Waals surface area contributed by atoms with Gasteiger partial charge in [-0.3, -0.25) is 4.79 Å². The van der Waals surface area contributed by atoms with Gasteiger partial charge in [0.1, 0.15) is 5.03 Å². The van der Waals surface area contributed by atoms with Crippen LogP contribution >= 0.6 is 11.6 Å². The molecule has 0 bridgehead atoms. The van der Waals surface area contributed by atoms with Crippen LogP contribution in [0.15, 0.2) is 35.5 Å². The van der Waals surface area contributed by atoms with Gasteiger partial charge in [0.2, 0.25) is 0 Å². The second kappa shape index (κ2) is 5.74. The number of anilines is 1. The number of carbonyl (C=O) groups is 1. The van der Waals surface area contributed by atoms with Crippen LogP contribution in [-0.4, -0.2) is 12.0 Å². The number of benzene rings is 1. The molecule has 0 saturated carbocycles. The maximum atomic E-state index is 12.4. The molecule has 0 aliphatic heterocycles. The third-order valence-corrected chi connectivity index (χ3v) is 2.31. The smallest absolute Gasteiger partial charge is 0.360 e. The van der Waals surface area contributed by atoms with E-state index in [2.05, 4.69) is 5.32 Å². The zero-order chi connectivity index (χ0) is 15.6. The van der Waals surface area contributed by atoms with Crippen LogP contribution in [0.25, 0.3) is 0 Å². The summed E-state index contributed by atoms with van der Waals surface area (Å²) in [7, 11) is 0. The predicted octanol–water partition coefficient (Wildman–Crippen LogP) is 4.33. The first-order chi connectivity index (χ1) is 9.01. The highest BCUT2D eigenvalue weighted by atomic mass is 35.5. The SMILES string of the molecule is O=C(C(Cl)=CNc1cccc(C(F)(F)F)c1)C(F)(F)F. The zero-order valence-electron chi connectivity index (χ0n) is 9.44. The van der Waals surface area contributed by atoms with Gasteiger partial charge in [0, 0.05) is 11.9 Å². The summed E-state index contributed by atoms with van der Waals surface area (Å²) < 4.78 is 73.1. The van der Waals surface area contributed by atoms with E-state index < -0.39 is 28.7 Å². The zero-order valence-corrected chi connectivity index (χ0v) is 10.2. The molecule has 1 rings (SSSR count). The normalized spacial score (nSPS) is 13.2. The van der Waals surface area contributed by atoms with Crippen molar-refractivity contribution in [3.05, 3.63) is 41.1 Å². The molecule has 0 atom stereocenters. The van der Waals surface area contributed by atoms with Crippen LogP contribution in [-0.2, 0) is 11.0 Å². The van der Waals surface area contributed by atoms with Crippen molar-refractivity contribution in [3.63, 3.8) is 0 Å². The van der Waals surface area contributed by atoms with E-state index in [0.29, 0.717) is 12.3 Å². The average Bonchev–Trinajstić information content (AvgIpc) is 2.33. The second-order valence-electron chi connectivity index (χ2n) is 3.54. The predicted molar refractivity (Wildman–Crippen MR) is 60.1 cm³/mol. The van der Waals surface area contributed by atoms with Crippen molar-refractivity contribution < 1.29 is 31.1 Å². The Bertz CT molecular complexity index is 534. The van der Waals surface area contributed by atoms with Crippen molar-refractivity contribution >= 4 is 23.1 Å².